The van der Waals surface area contributed by atoms with Crippen LogP contribution in [0.5, 0.6) is 0 Å². The molecule has 0 spiro atoms. The average molecular weight is 257 g/mol. The number of halogens is 1. The Morgan fingerprint density at radius 3 is 2.18 bits per heavy atom. The fourth-order valence-electron chi connectivity index (χ4n) is 2.24. The van der Waals surface area contributed by atoms with Gasteiger partial charge in [0.15, 0.2) is 0 Å². The Morgan fingerprint density at radius 1 is 1.12 bits per heavy atom. The van der Waals surface area contributed by atoms with Crippen molar-refractivity contribution in [2.24, 2.45) is 5.73 Å². The first kappa shape index (κ1) is 14.2. The maximum Gasteiger partial charge on any atom is 0.223 e. The fraction of sp³-hybridized carbons (Fsp3) is 0.667. The van der Waals surface area contributed by atoms with Gasteiger partial charge in [-0.2, -0.15) is 0 Å². The zero-order valence-electron chi connectivity index (χ0n) is 10.4. The van der Waals surface area contributed by atoms with Gasteiger partial charge in [-0.25, -0.2) is 9.97 Å². The molecule has 96 valence electrons. The molecular weight excluding hydrogens is 236 g/mol. The molecule has 1 aliphatic carbocycles. The van der Waals surface area contributed by atoms with Gasteiger partial charge in [0.1, 0.15) is 0 Å². The number of nitrogens with zero attached hydrogens (tertiary/aromatic N) is 2. The van der Waals surface area contributed by atoms with Crippen molar-refractivity contribution in [1.29, 1.82) is 0 Å². The van der Waals surface area contributed by atoms with Crippen LogP contribution in [0.25, 0.3) is 0 Å². The lowest BCUT2D eigenvalue weighted by Gasteiger charge is -2.26. The van der Waals surface area contributed by atoms with Gasteiger partial charge in [0.25, 0.3) is 0 Å². The van der Waals surface area contributed by atoms with E-state index in [1.807, 2.05) is 19.9 Å². The highest BCUT2D eigenvalue weighted by Gasteiger charge is 2.18. The van der Waals surface area contributed by atoms with Gasteiger partial charge in [-0.15, -0.1) is 12.4 Å². The van der Waals surface area contributed by atoms with Crippen molar-refractivity contribution in [1.82, 2.24) is 9.97 Å². The molecule has 0 radical (unpaired) electrons. The third-order valence-corrected chi connectivity index (χ3v) is 3.09. The minimum atomic E-state index is 0. The molecule has 0 aromatic carbocycles. The molecule has 0 unspecified atom stereocenters. The Labute approximate surface area is 109 Å². The summed E-state index contributed by atoms with van der Waals surface area (Å²) in [5.74, 6) is 0.762. The summed E-state index contributed by atoms with van der Waals surface area (Å²) in [6.07, 6.45) is 4.44. The third kappa shape index (κ3) is 4.13. The van der Waals surface area contributed by atoms with Crippen LogP contribution >= 0.6 is 12.4 Å². The van der Waals surface area contributed by atoms with Gasteiger partial charge in [0, 0.05) is 23.5 Å². The van der Waals surface area contributed by atoms with Gasteiger partial charge in [-0.1, -0.05) is 0 Å². The molecule has 0 amide bonds. The number of aromatic nitrogens is 2. The van der Waals surface area contributed by atoms with E-state index in [1.165, 1.54) is 0 Å². The highest BCUT2D eigenvalue weighted by molar-refractivity contribution is 5.85. The second-order valence-corrected chi connectivity index (χ2v) is 4.73. The summed E-state index contributed by atoms with van der Waals surface area (Å²) < 4.78 is 0. The predicted molar refractivity (Wildman–Crippen MR) is 72.6 cm³/mol. The molecule has 1 aromatic heterocycles. The Balaban J connectivity index is 0.00000144. The number of hydrogen-bond acceptors (Lipinski definition) is 4. The summed E-state index contributed by atoms with van der Waals surface area (Å²) in [7, 11) is 0. The Bertz CT molecular complexity index is 341. The van der Waals surface area contributed by atoms with Gasteiger partial charge >= 0.3 is 0 Å². The van der Waals surface area contributed by atoms with Crippen molar-refractivity contribution in [3.8, 4) is 0 Å². The maximum atomic E-state index is 5.88. The summed E-state index contributed by atoms with van der Waals surface area (Å²) in [4.78, 5) is 8.79. The largest absolute Gasteiger partial charge is 0.351 e. The van der Waals surface area contributed by atoms with Gasteiger partial charge in [0.2, 0.25) is 5.95 Å². The second kappa shape index (κ2) is 6.17. The molecule has 0 saturated heterocycles. The molecule has 0 aliphatic heterocycles. The van der Waals surface area contributed by atoms with Crippen molar-refractivity contribution in [3.63, 3.8) is 0 Å². The van der Waals surface area contributed by atoms with Crippen LogP contribution in [-0.4, -0.2) is 22.1 Å². The second-order valence-electron chi connectivity index (χ2n) is 4.73. The van der Waals surface area contributed by atoms with Crippen LogP contribution in [0.4, 0.5) is 5.95 Å². The van der Waals surface area contributed by atoms with E-state index >= 15 is 0 Å². The topological polar surface area (TPSA) is 63.8 Å². The Kier molecular flexibility index (Phi) is 5.15. The minimum Gasteiger partial charge on any atom is -0.351 e. The van der Waals surface area contributed by atoms with Gasteiger partial charge in [-0.05, 0) is 45.6 Å². The minimum absolute atomic E-state index is 0. The van der Waals surface area contributed by atoms with E-state index in [-0.39, 0.29) is 12.4 Å². The van der Waals surface area contributed by atoms with Crippen molar-refractivity contribution in [2.45, 2.75) is 51.6 Å². The SMILES string of the molecule is Cc1cc(C)nc(NC2CCC(N)CC2)n1.Cl. The van der Waals surface area contributed by atoms with Crippen LogP contribution in [0.3, 0.4) is 0 Å². The number of nitrogens with two attached hydrogens (primary N) is 1. The van der Waals surface area contributed by atoms with Crippen molar-refractivity contribution in [2.75, 3.05) is 5.32 Å². The molecule has 1 heterocycles. The molecule has 5 heteroatoms. The predicted octanol–water partition coefficient (Wildman–Crippen LogP) is 2.20. The summed E-state index contributed by atoms with van der Waals surface area (Å²) in [6.45, 7) is 3.99. The van der Waals surface area contributed by atoms with Gasteiger partial charge in [0.05, 0.1) is 0 Å². The van der Waals surface area contributed by atoms with E-state index in [0.29, 0.717) is 12.1 Å². The summed E-state index contributed by atoms with van der Waals surface area (Å²) in [5, 5.41) is 3.41. The smallest absolute Gasteiger partial charge is 0.223 e. The summed E-state index contributed by atoms with van der Waals surface area (Å²) >= 11 is 0. The van der Waals surface area contributed by atoms with E-state index in [2.05, 4.69) is 15.3 Å². The standard InChI is InChI=1S/C12H20N4.ClH/c1-8-7-9(2)15-12(14-8)16-11-5-3-10(13)4-6-11;/h7,10-11H,3-6,13H2,1-2H3,(H,14,15,16);1H. The van der Waals surface area contributed by atoms with Crippen molar-refractivity contribution < 1.29 is 0 Å². The molecule has 0 bridgehead atoms. The van der Waals surface area contributed by atoms with Crippen LogP contribution in [0.2, 0.25) is 0 Å². The van der Waals surface area contributed by atoms with Crippen LogP contribution < -0.4 is 11.1 Å². The molecule has 1 aliphatic rings. The molecule has 0 atom stereocenters. The molecule has 2 rings (SSSR count). The van der Waals surface area contributed by atoms with Crippen LogP contribution in [0.1, 0.15) is 37.1 Å². The zero-order chi connectivity index (χ0) is 11.5. The monoisotopic (exact) mass is 256 g/mol. The molecule has 1 saturated carbocycles. The lowest BCUT2D eigenvalue weighted by atomic mass is 9.92. The fourth-order valence-corrected chi connectivity index (χ4v) is 2.24. The van der Waals surface area contributed by atoms with Crippen LogP contribution in [0.15, 0.2) is 6.07 Å². The normalized spacial score (nSPS) is 23.9. The van der Waals surface area contributed by atoms with Crippen LogP contribution in [-0.2, 0) is 0 Å². The lowest BCUT2D eigenvalue weighted by molar-refractivity contribution is 0.409. The highest BCUT2D eigenvalue weighted by Crippen LogP contribution is 2.19. The van der Waals surface area contributed by atoms with E-state index < -0.39 is 0 Å². The molecule has 1 aromatic rings. The van der Waals surface area contributed by atoms with E-state index in [4.69, 9.17) is 5.73 Å². The van der Waals surface area contributed by atoms with E-state index in [9.17, 15) is 0 Å². The molecule has 1 fully saturated rings. The average Bonchev–Trinajstić information content (AvgIpc) is 2.20. The first-order chi connectivity index (χ1) is 7.63. The number of rotatable bonds is 2. The molecule has 17 heavy (non-hydrogen) atoms. The zero-order valence-corrected chi connectivity index (χ0v) is 11.3. The first-order valence-corrected chi connectivity index (χ1v) is 5.98. The van der Waals surface area contributed by atoms with Crippen LogP contribution in [0, 0.1) is 13.8 Å². The molecule has 4 nitrogen and oxygen atoms in total. The quantitative estimate of drug-likeness (QED) is 0.852. The van der Waals surface area contributed by atoms with Crippen molar-refractivity contribution >= 4 is 18.4 Å². The van der Waals surface area contributed by atoms with Gasteiger partial charge < -0.3 is 11.1 Å². The first-order valence-electron chi connectivity index (χ1n) is 5.98. The highest BCUT2D eigenvalue weighted by atomic mass is 35.5. The number of anilines is 1. The lowest BCUT2D eigenvalue weighted by Crippen LogP contribution is -2.33. The van der Waals surface area contributed by atoms with E-state index in [0.717, 1.165) is 43.0 Å². The maximum absolute atomic E-state index is 5.88. The molecule has 3 N–H and O–H groups in total. The summed E-state index contributed by atoms with van der Waals surface area (Å²) in [5.41, 5.74) is 7.91. The Hall–Kier alpha value is -0.870. The summed E-state index contributed by atoms with van der Waals surface area (Å²) in [6, 6.07) is 2.86. The third-order valence-electron chi connectivity index (χ3n) is 3.09. The number of nitrogens with one attached hydrogen (secondary N) is 1. The Morgan fingerprint density at radius 2 is 1.65 bits per heavy atom. The number of hydrogen-bond donors (Lipinski definition) is 2. The van der Waals surface area contributed by atoms with Crippen molar-refractivity contribution in [3.05, 3.63) is 17.5 Å². The molecular formula is C12H21ClN4. The van der Waals surface area contributed by atoms with E-state index in [1.54, 1.807) is 0 Å². The number of aryl methyl sites for hydroxylation is 2. The van der Waals surface area contributed by atoms with Gasteiger partial charge in [-0.3, -0.25) is 0 Å².